The van der Waals surface area contributed by atoms with Crippen molar-refractivity contribution in [3.8, 4) is 0 Å². The summed E-state index contributed by atoms with van der Waals surface area (Å²) in [6.45, 7) is 4.86. The van der Waals surface area contributed by atoms with Gasteiger partial charge in [0.05, 0.1) is 0 Å². The van der Waals surface area contributed by atoms with Crippen LogP contribution in [-0.2, 0) is 27.9 Å². The molecule has 1 unspecified atom stereocenters. The van der Waals surface area contributed by atoms with Crippen LogP contribution in [0, 0.1) is 20.9 Å². The first-order valence-electron chi connectivity index (χ1n) is 2.87. The third-order valence-electron chi connectivity index (χ3n) is 1.24. The van der Waals surface area contributed by atoms with Gasteiger partial charge in [0.25, 0.3) is 8.03 Å². The molecule has 0 saturated carbocycles. The number of allylic oxidation sites excluding steroid dienone is 4. The Morgan fingerprint density at radius 1 is 1.47 bits per heavy atom. The Kier molecular flexibility index (Phi) is 35.0. The van der Waals surface area contributed by atoms with E-state index in [-0.39, 0.29) is 39.7 Å². The van der Waals surface area contributed by atoms with E-state index in [0.29, 0.717) is 11.7 Å². The van der Waals surface area contributed by atoms with Crippen molar-refractivity contribution in [3.63, 3.8) is 0 Å². The van der Waals surface area contributed by atoms with Crippen molar-refractivity contribution in [1.82, 2.24) is 0 Å². The normalized spacial score (nSPS) is 11.7. The van der Waals surface area contributed by atoms with E-state index in [2.05, 4.69) is 13.0 Å². The van der Waals surface area contributed by atoms with E-state index >= 15 is 0 Å². The van der Waals surface area contributed by atoms with Gasteiger partial charge in [0.2, 0.25) is 0 Å². The number of hydrogen-bond acceptors (Lipinski definition) is 2. The van der Waals surface area contributed by atoms with Crippen LogP contribution >= 0.6 is 32.8 Å². The molecule has 0 bridgehead atoms. The average Bonchev–Trinajstić information content (AvgIpc) is 2.39. The van der Waals surface area contributed by atoms with Crippen LogP contribution in [0.3, 0.4) is 0 Å². The molecule has 1 aliphatic rings. The zero-order valence-corrected chi connectivity index (χ0v) is 14.9. The van der Waals surface area contributed by atoms with Crippen molar-refractivity contribution < 1.29 is 32.8 Å². The van der Waals surface area contributed by atoms with Crippen LogP contribution in [0.25, 0.3) is 0 Å². The van der Waals surface area contributed by atoms with Gasteiger partial charge in [0, 0.05) is 5.31 Å². The summed E-state index contributed by atoms with van der Waals surface area (Å²) in [6, 6.07) is 0. The van der Waals surface area contributed by atoms with Crippen LogP contribution in [0.5, 0.6) is 0 Å². The number of hydrogen-bond donors (Lipinski definition) is 0. The second-order valence-electron chi connectivity index (χ2n) is 1.95. The third kappa shape index (κ3) is 11.5. The first-order chi connectivity index (χ1) is 5.22. The van der Waals surface area contributed by atoms with Crippen LogP contribution in [0.15, 0.2) is 17.0 Å². The van der Waals surface area contributed by atoms with Gasteiger partial charge >= 0.3 is 30.2 Å². The summed E-state index contributed by atoms with van der Waals surface area (Å²) >= 11 is 1.36. The Labute approximate surface area is 123 Å². The first-order valence-corrected chi connectivity index (χ1v) is 8.24. The monoisotopic (exact) mass is 361 g/mol. The minimum absolute atomic E-state index is 0. The molecule has 0 aliphatic heterocycles. The molecule has 2 radical (unpaired) electrons. The van der Waals surface area contributed by atoms with Gasteiger partial charge in [-0.3, -0.25) is 6.08 Å². The molecule has 7 heteroatoms. The molecular formula is C8H14Cl2O2PSiZr-3. The molecular weight excluding hydrogens is 349 g/mol. The second kappa shape index (κ2) is 17.6. The van der Waals surface area contributed by atoms with Crippen molar-refractivity contribution in [2.24, 2.45) is 0 Å². The minimum atomic E-state index is -2.38. The quantitative estimate of drug-likeness (QED) is 0.408. The summed E-state index contributed by atoms with van der Waals surface area (Å²) in [5.41, 5.74) is 0.895. The van der Waals surface area contributed by atoms with E-state index in [4.69, 9.17) is 0 Å². The van der Waals surface area contributed by atoms with Gasteiger partial charge in [-0.2, -0.15) is 6.08 Å². The molecule has 0 aromatic rings. The van der Waals surface area contributed by atoms with E-state index < -0.39 is 8.03 Å². The summed E-state index contributed by atoms with van der Waals surface area (Å²) in [5.74, 6) is 0. The molecule has 1 atom stereocenters. The van der Waals surface area contributed by atoms with Gasteiger partial charge < -0.3 is 19.7 Å². The fourth-order valence-electron chi connectivity index (χ4n) is 0.723. The Hall–Kier alpha value is 1.22. The Morgan fingerprint density at radius 3 is 2.00 bits per heavy atom. The molecule has 1 rings (SSSR count). The summed E-state index contributed by atoms with van der Waals surface area (Å²) in [7, 11) is -2.38. The Bertz CT molecular complexity index is 235. The molecule has 0 aromatic heterocycles. The molecule has 15 heavy (non-hydrogen) atoms. The van der Waals surface area contributed by atoms with E-state index in [1.807, 2.05) is 0 Å². The zero-order valence-electron chi connectivity index (χ0n) is 8.86. The van der Waals surface area contributed by atoms with E-state index in [1.165, 1.54) is 29.4 Å². The standard InChI is InChI=1S/C6H6O2P.2CH3.2ClH.Si.Zr/c1-5-3-2-4-6(5)9(7)8;;;;;;/h4H,3H2,1H3;2*1H3;2*1H;;/q3*-1;;;;. The van der Waals surface area contributed by atoms with Gasteiger partial charge in [-0.05, 0) is 0 Å². The fraction of sp³-hybridized carbons (Fsp3) is 0.250. The van der Waals surface area contributed by atoms with E-state index in [9.17, 15) is 9.46 Å². The molecule has 0 aromatic carbocycles. The van der Waals surface area contributed by atoms with Crippen LogP contribution in [0.2, 0.25) is 0 Å². The zero-order chi connectivity index (χ0) is 8.85. The van der Waals surface area contributed by atoms with Crippen molar-refractivity contribution in [2.75, 3.05) is 0 Å². The second-order valence-corrected chi connectivity index (χ2v) is 2.94. The van der Waals surface area contributed by atoms with Gasteiger partial charge in [0.15, 0.2) is 0 Å². The predicted molar refractivity (Wildman–Crippen MR) is 65.8 cm³/mol. The summed E-state index contributed by atoms with van der Waals surface area (Å²) in [4.78, 5) is 10.3. The predicted octanol–water partition coefficient (Wildman–Crippen LogP) is 2.49. The van der Waals surface area contributed by atoms with Crippen molar-refractivity contribution in [1.29, 1.82) is 0 Å². The number of rotatable bonds is 1. The molecule has 0 heterocycles. The first kappa shape index (κ1) is 29.8. The molecule has 0 saturated heterocycles. The average molecular weight is 363 g/mol. The molecule has 0 spiro atoms. The maximum absolute atomic E-state index is 10.3. The SMILES string of the molecule is CC1=C([P+](=O)[O-])C=[C-]C1.Cl.Cl.[CH3-].[CH3-].[Si]=[Zr]. The molecule has 0 fully saturated rings. The third-order valence-corrected chi connectivity index (χ3v) is 2.14. The molecule has 0 amide bonds. The molecule has 1 aliphatic carbocycles. The number of halogens is 2. The maximum atomic E-state index is 10.3. The topological polar surface area (TPSA) is 40.1 Å². The summed E-state index contributed by atoms with van der Waals surface area (Å²) in [5, 5.41) is 0.435. The molecule has 0 N–H and O–H groups in total. The van der Waals surface area contributed by atoms with Crippen molar-refractivity contribution in [3.05, 3.63) is 37.9 Å². The van der Waals surface area contributed by atoms with Gasteiger partial charge in [-0.1, -0.05) is 11.5 Å². The van der Waals surface area contributed by atoms with Crippen LogP contribution in [0.1, 0.15) is 13.3 Å². The van der Waals surface area contributed by atoms with Crippen LogP contribution in [-0.4, -0.2) is 6.88 Å². The van der Waals surface area contributed by atoms with Crippen molar-refractivity contribution >= 4 is 39.7 Å². The van der Waals surface area contributed by atoms with Gasteiger partial charge in [0.1, 0.15) is 0 Å². The van der Waals surface area contributed by atoms with E-state index in [1.54, 1.807) is 6.92 Å². The van der Waals surface area contributed by atoms with E-state index in [0.717, 1.165) is 5.57 Å². The molecule has 88 valence electrons. The Balaban J connectivity index is -0.0000000526. The summed E-state index contributed by atoms with van der Waals surface area (Å²) in [6.07, 6.45) is 5.01. The summed E-state index contributed by atoms with van der Waals surface area (Å²) < 4.78 is 10.3. The molecule has 2 nitrogen and oxygen atoms in total. The van der Waals surface area contributed by atoms with Crippen molar-refractivity contribution in [2.45, 2.75) is 13.3 Å². The van der Waals surface area contributed by atoms with Gasteiger partial charge in [-0.25, -0.2) is 0 Å². The van der Waals surface area contributed by atoms with Gasteiger partial charge in [-0.15, -0.1) is 36.8 Å². The van der Waals surface area contributed by atoms with Crippen LogP contribution in [0.4, 0.5) is 0 Å². The fourth-order valence-corrected chi connectivity index (χ4v) is 1.31. The Morgan fingerprint density at radius 2 is 1.87 bits per heavy atom. The van der Waals surface area contributed by atoms with Crippen LogP contribution < -0.4 is 4.89 Å².